The molecule has 0 aliphatic rings. The van der Waals surface area contributed by atoms with E-state index >= 15 is 0 Å². The second-order valence-electron chi connectivity index (χ2n) is 6.96. The Bertz CT molecular complexity index is 781. The van der Waals surface area contributed by atoms with E-state index in [0.29, 0.717) is 0 Å². The van der Waals surface area contributed by atoms with Crippen LogP contribution in [0, 0.1) is 6.92 Å². The summed E-state index contributed by atoms with van der Waals surface area (Å²) in [5, 5.41) is 13.7. The maximum absolute atomic E-state index is 12.1. The summed E-state index contributed by atoms with van der Waals surface area (Å²) >= 11 is 0. The quantitative estimate of drug-likeness (QED) is 0.351. The number of nitrogens with one attached hydrogen (secondary N) is 3. The molecule has 0 saturated carbocycles. The van der Waals surface area contributed by atoms with E-state index in [1.54, 1.807) is 19.0 Å². The number of aryl methyl sites for hydroxylation is 2. The topological polar surface area (TPSA) is 85.4 Å². The van der Waals surface area contributed by atoms with Gasteiger partial charge in [-0.1, -0.05) is 12.1 Å². The van der Waals surface area contributed by atoms with Gasteiger partial charge in [0.05, 0.1) is 6.20 Å². The molecule has 28 heavy (non-hydrogen) atoms. The molecule has 0 atom stereocenters. The highest BCUT2D eigenvalue weighted by molar-refractivity contribution is 5.94. The average molecular weight is 385 g/mol. The van der Waals surface area contributed by atoms with Crippen LogP contribution in [0.3, 0.4) is 0 Å². The molecule has 0 spiro atoms. The smallest absolute Gasteiger partial charge is 0.253 e. The van der Waals surface area contributed by atoms with Crippen LogP contribution >= 0.6 is 0 Å². The minimum Gasteiger partial charge on any atom is -0.357 e. The summed E-state index contributed by atoms with van der Waals surface area (Å²) in [5.41, 5.74) is 4.23. The number of hydrogen-bond acceptors (Lipinski definition) is 3. The molecule has 1 amide bonds. The molecule has 0 unspecified atom stereocenters. The molecule has 1 aromatic heterocycles. The van der Waals surface area contributed by atoms with Crippen LogP contribution in [0.1, 0.15) is 40.5 Å². The first kappa shape index (κ1) is 21.5. The number of benzene rings is 1. The summed E-state index contributed by atoms with van der Waals surface area (Å²) in [7, 11) is 3.53. The van der Waals surface area contributed by atoms with Crippen LogP contribution in [0.15, 0.2) is 35.5 Å². The lowest BCUT2D eigenvalue weighted by Crippen LogP contribution is -2.38. The lowest BCUT2D eigenvalue weighted by Gasteiger charge is -2.13. The lowest BCUT2D eigenvalue weighted by molar-refractivity contribution is 0.0827. The maximum Gasteiger partial charge on any atom is 0.253 e. The predicted molar refractivity (Wildman–Crippen MR) is 114 cm³/mol. The van der Waals surface area contributed by atoms with Gasteiger partial charge in [-0.3, -0.25) is 14.9 Å². The summed E-state index contributed by atoms with van der Waals surface area (Å²) < 4.78 is 0. The summed E-state index contributed by atoms with van der Waals surface area (Å²) in [6.45, 7) is 6.43. The number of guanidine groups is 1. The van der Waals surface area contributed by atoms with Crippen molar-refractivity contribution in [2.75, 3.05) is 33.7 Å². The van der Waals surface area contributed by atoms with Gasteiger partial charge in [-0.2, -0.15) is 5.10 Å². The van der Waals surface area contributed by atoms with Gasteiger partial charge in [0.25, 0.3) is 5.91 Å². The Kier molecular flexibility index (Phi) is 8.52. The van der Waals surface area contributed by atoms with Crippen molar-refractivity contribution >= 4 is 11.9 Å². The van der Waals surface area contributed by atoms with Gasteiger partial charge in [0, 0.05) is 45.0 Å². The van der Waals surface area contributed by atoms with Gasteiger partial charge >= 0.3 is 0 Å². The number of carbonyl (C=O) groups is 1. The van der Waals surface area contributed by atoms with Crippen molar-refractivity contribution in [2.24, 2.45) is 4.99 Å². The number of H-pyrrole nitrogens is 1. The number of aliphatic imine (C=N–C) groups is 1. The Labute approximate surface area is 167 Å². The number of hydrogen-bond donors (Lipinski definition) is 3. The second-order valence-corrected chi connectivity index (χ2v) is 6.96. The minimum atomic E-state index is 0.0255. The van der Waals surface area contributed by atoms with E-state index in [0.717, 1.165) is 61.7 Å². The SMILES string of the molecule is CCNC(=NCCCc1cn[nH]c1C)NCCc1cccc(C(=O)N(C)C)c1. The van der Waals surface area contributed by atoms with Crippen LogP contribution in [-0.4, -0.2) is 60.7 Å². The molecule has 0 radical (unpaired) electrons. The first-order valence-electron chi connectivity index (χ1n) is 9.83. The van der Waals surface area contributed by atoms with Crippen molar-refractivity contribution in [2.45, 2.75) is 33.1 Å². The number of aromatic nitrogens is 2. The molecule has 1 heterocycles. The fraction of sp³-hybridized carbons (Fsp3) is 0.476. The molecular formula is C21H32N6O. The highest BCUT2D eigenvalue weighted by Crippen LogP contribution is 2.08. The predicted octanol–water partition coefficient (Wildman–Crippen LogP) is 2.15. The van der Waals surface area contributed by atoms with Crippen molar-refractivity contribution in [1.29, 1.82) is 0 Å². The van der Waals surface area contributed by atoms with Crippen LogP contribution in [-0.2, 0) is 12.8 Å². The Balaban J connectivity index is 1.81. The van der Waals surface area contributed by atoms with E-state index < -0.39 is 0 Å². The largest absolute Gasteiger partial charge is 0.357 e. The Morgan fingerprint density at radius 2 is 2.07 bits per heavy atom. The van der Waals surface area contributed by atoms with Gasteiger partial charge in [-0.05, 0) is 56.4 Å². The third-order valence-electron chi connectivity index (χ3n) is 4.44. The fourth-order valence-corrected chi connectivity index (χ4v) is 2.87. The zero-order valence-electron chi connectivity index (χ0n) is 17.4. The summed E-state index contributed by atoms with van der Waals surface area (Å²) in [6, 6.07) is 7.79. The molecule has 152 valence electrons. The van der Waals surface area contributed by atoms with Crippen molar-refractivity contribution in [3.8, 4) is 0 Å². The summed E-state index contributed by atoms with van der Waals surface area (Å²) in [4.78, 5) is 18.3. The van der Waals surface area contributed by atoms with Crippen LogP contribution < -0.4 is 10.6 Å². The number of nitrogens with zero attached hydrogens (tertiary/aromatic N) is 3. The first-order chi connectivity index (χ1) is 13.5. The minimum absolute atomic E-state index is 0.0255. The van der Waals surface area contributed by atoms with Crippen molar-refractivity contribution < 1.29 is 4.79 Å². The van der Waals surface area contributed by atoms with E-state index in [-0.39, 0.29) is 5.91 Å². The standard InChI is InChI=1S/C21H32N6O/c1-5-22-21(23-12-7-10-19-15-25-26-16(19)2)24-13-11-17-8-6-9-18(14-17)20(28)27(3)4/h6,8-9,14-15H,5,7,10-13H2,1-4H3,(H,25,26)(H2,22,23,24). The Morgan fingerprint density at radius 1 is 1.25 bits per heavy atom. The monoisotopic (exact) mass is 384 g/mol. The molecule has 0 aliphatic carbocycles. The molecule has 0 saturated heterocycles. The van der Waals surface area contributed by atoms with Gasteiger partial charge in [0.15, 0.2) is 5.96 Å². The number of amides is 1. The molecule has 3 N–H and O–H groups in total. The average Bonchev–Trinajstić information content (AvgIpc) is 3.09. The van der Waals surface area contributed by atoms with Gasteiger partial charge < -0.3 is 15.5 Å². The highest BCUT2D eigenvalue weighted by atomic mass is 16.2. The summed E-state index contributed by atoms with van der Waals surface area (Å²) in [6.07, 6.45) is 4.66. The number of rotatable bonds is 9. The third kappa shape index (κ3) is 6.72. The molecule has 7 nitrogen and oxygen atoms in total. The molecule has 1 aromatic carbocycles. The molecule has 2 aromatic rings. The van der Waals surface area contributed by atoms with Gasteiger partial charge in [-0.15, -0.1) is 0 Å². The zero-order chi connectivity index (χ0) is 20.4. The van der Waals surface area contributed by atoms with Crippen LogP contribution in [0.25, 0.3) is 0 Å². The van der Waals surface area contributed by atoms with Gasteiger partial charge in [0.1, 0.15) is 0 Å². The van der Waals surface area contributed by atoms with Crippen LogP contribution in [0.5, 0.6) is 0 Å². The molecular weight excluding hydrogens is 352 g/mol. The lowest BCUT2D eigenvalue weighted by atomic mass is 10.1. The van der Waals surface area contributed by atoms with Gasteiger partial charge in [0.2, 0.25) is 0 Å². The molecule has 0 bridgehead atoms. The van der Waals surface area contributed by atoms with Crippen molar-refractivity contribution in [3.63, 3.8) is 0 Å². The van der Waals surface area contributed by atoms with E-state index in [1.807, 2.05) is 37.4 Å². The highest BCUT2D eigenvalue weighted by Gasteiger charge is 2.08. The molecule has 2 rings (SSSR count). The van der Waals surface area contributed by atoms with E-state index in [9.17, 15) is 4.79 Å². The van der Waals surface area contributed by atoms with E-state index in [2.05, 4.69) is 32.7 Å². The first-order valence-corrected chi connectivity index (χ1v) is 9.83. The number of carbonyl (C=O) groups excluding carboxylic acids is 1. The maximum atomic E-state index is 12.1. The Morgan fingerprint density at radius 3 is 2.75 bits per heavy atom. The normalized spacial score (nSPS) is 11.4. The Hall–Kier alpha value is -2.83. The van der Waals surface area contributed by atoms with Crippen LogP contribution in [0.2, 0.25) is 0 Å². The van der Waals surface area contributed by atoms with E-state index in [4.69, 9.17) is 0 Å². The van der Waals surface area contributed by atoms with Crippen molar-refractivity contribution in [1.82, 2.24) is 25.7 Å². The van der Waals surface area contributed by atoms with Gasteiger partial charge in [-0.25, -0.2) is 0 Å². The van der Waals surface area contributed by atoms with Crippen LogP contribution in [0.4, 0.5) is 0 Å². The zero-order valence-corrected chi connectivity index (χ0v) is 17.4. The number of aromatic amines is 1. The van der Waals surface area contributed by atoms with E-state index in [1.165, 1.54) is 5.56 Å². The summed E-state index contributed by atoms with van der Waals surface area (Å²) in [5.74, 6) is 0.851. The molecule has 7 heteroatoms. The third-order valence-corrected chi connectivity index (χ3v) is 4.44. The van der Waals surface area contributed by atoms with Crippen molar-refractivity contribution in [3.05, 3.63) is 52.8 Å². The second kappa shape index (κ2) is 11.1. The molecule has 0 aliphatic heterocycles. The molecule has 0 fully saturated rings. The fourth-order valence-electron chi connectivity index (χ4n) is 2.87.